The fourth-order valence-electron chi connectivity index (χ4n) is 1.06. The lowest BCUT2D eigenvalue weighted by molar-refractivity contribution is 1.15. The second-order valence-corrected chi connectivity index (χ2v) is 4.04. The zero-order valence-electron chi connectivity index (χ0n) is 9.61. The normalized spacial score (nSPS) is 9.18. The molecular weight excluding hydrogens is 302 g/mol. The number of anilines is 2. The summed E-state index contributed by atoms with van der Waals surface area (Å²) in [6.07, 6.45) is 1.61. The lowest BCUT2D eigenvalue weighted by Crippen LogP contribution is -1.96. The maximum Gasteiger partial charge on any atom is 0.228 e. The van der Waals surface area contributed by atoms with Crippen LogP contribution in [0.2, 0.25) is 5.15 Å². The predicted molar refractivity (Wildman–Crippen MR) is 75.8 cm³/mol. The van der Waals surface area contributed by atoms with Gasteiger partial charge < -0.3 is 5.32 Å². The van der Waals surface area contributed by atoms with Crippen LogP contribution in [0.3, 0.4) is 0 Å². The molecule has 0 saturated carbocycles. The van der Waals surface area contributed by atoms with Gasteiger partial charge >= 0.3 is 0 Å². The third-order valence-electron chi connectivity index (χ3n) is 1.73. The maximum absolute atomic E-state index is 5.84. The Bertz CT molecular complexity index is 463. The van der Waals surface area contributed by atoms with E-state index in [-0.39, 0.29) is 0 Å². The molecule has 17 heavy (non-hydrogen) atoms. The fraction of sp³-hybridized carbons (Fsp3) is 0.167. The van der Waals surface area contributed by atoms with Crippen LogP contribution in [0.4, 0.5) is 11.6 Å². The first kappa shape index (κ1) is 13.9. The molecule has 0 unspecified atom stereocenters. The van der Waals surface area contributed by atoms with Crippen LogP contribution in [0.15, 0.2) is 41.0 Å². The van der Waals surface area contributed by atoms with E-state index in [4.69, 9.17) is 11.6 Å². The molecule has 0 aliphatic heterocycles. The molecule has 5 heteroatoms. The highest BCUT2D eigenvalue weighted by molar-refractivity contribution is 9.10. The zero-order valence-corrected chi connectivity index (χ0v) is 12.0. The second kappa shape index (κ2) is 7.25. The molecule has 2 aromatic rings. The Labute approximate surface area is 114 Å². The summed E-state index contributed by atoms with van der Waals surface area (Å²) in [4.78, 5) is 8.15. The van der Waals surface area contributed by atoms with Crippen LogP contribution in [0.1, 0.15) is 13.8 Å². The molecule has 0 radical (unpaired) electrons. The number of hydrogen-bond acceptors (Lipinski definition) is 3. The molecule has 1 aromatic carbocycles. The monoisotopic (exact) mass is 313 g/mol. The van der Waals surface area contributed by atoms with E-state index in [0.717, 1.165) is 5.69 Å². The fourth-order valence-corrected chi connectivity index (χ4v) is 1.38. The van der Waals surface area contributed by atoms with Crippen molar-refractivity contribution in [1.82, 2.24) is 9.97 Å². The van der Waals surface area contributed by atoms with Crippen molar-refractivity contribution in [1.29, 1.82) is 0 Å². The minimum absolute atomic E-state index is 0.392. The van der Waals surface area contributed by atoms with E-state index >= 15 is 0 Å². The Balaban J connectivity index is 0.000000686. The number of para-hydroxylation sites is 1. The quantitative estimate of drug-likeness (QED) is 0.819. The molecule has 0 amide bonds. The molecule has 0 spiro atoms. The molecule has 0 aliphatic rings. The van der Waals surface area contributed by atoms with Crippen molar-refractivity contribution in [3.8, 4) is 0 Å². The van der Waals surface area contributed by atoms with Gasteiger partial charge in [0.15, 0.2) is 0 Å². The third kappa shape index (κ3) is 4.32. The Kier molecular flexibility index (Phi) is 5.94. The van der Waals surface area contributed by atoms with E-state index in [1.807, 2.05) is 44.2 Å². The largest absolute Gasteiger partial charge is 0.324 e. The third-order valence-corrected chi connectivity index (χ3v) is 2.83. The Morgan fingerprint density at radius 1 is 1.18 bits per heavy atom. The molecule has 0 atom stereocenters. The molecule has 2 rings (SSSR count). The zero-order chi connectivity index (χ0) is 12.7. The van der Waals surface area contributed by atoms with E-state index in [0.29, 0.717) is 15.6 Å². The lowest BCUT2D eigenvalue weighted by atomic mass is 10.3. The molecule has 0 aliphatic carbocycles. The Morgan fingerprint density at radius 3 is 2.41 bits per heavy atom. The van der Waals surface area contributed by atoms with Gasteiger partial charge in [0.05, 0.1) is 4.47 Å². The summed E-state index contributed by atoms with van der Waals surface area (Å²) in [6.45, 7) is 4.00. The van der Waals surface area contributed by atoms with Crippen molar-refractivity contribution in [2.75, 3.05) is 5.32 Å². The van der Waals surface area contributed by atoms with Crippen LogP contribution >= 0.6 is 27.5 Å². The van der Waals surface area contributed by atoms with Crippen LogP contribution < -0.4 is 5.32 Å². The minimum Gasteiger partial charge on any atom is -0.324 e. The first-order valence-corrected chi connectivity index (χ1v) is 6.43. The molecule has 1 heterocycles. The van der Waals surface area contributed by atoms with Crippen molar-refractivity contribution >= 4 is 39.2 Å². The summed E-state index contributed by atoms with van der Waals surface area (Å²) in [5.41, 5.74) is 0.927. The van der Waals surface area contributed by atoms with Gasteiger partial charge in [0.25, 0.3) is 0 Å². The van der Waals surface area contributed by atoms with Crippen LogP contribution in [-0.2, 0) is 0 Å². The Hall–Kier alpha value is -1.13. The van der Waals surface area contributed by atoms with Gasteiger partial charge in [0.1, 0.15) is 5.15 Å². The van der Waals surface area contributed by atoms with Crippen LogP contribution in [0.5, 0.6) is 0 Å². The van der Waals surface area contributed by atoms with Gasteiger partial charge in [0.2, 0.25) is 5.95 Å². The summed E-state index contributed by atoms with van der Waals surface area (Å²) >= 11 is 9.07. The molecule has 3 nitrogen and oxygen atoms in total. The van der Waals surface area contributed by atoms with Gasteiger partial charge in [-0.15, -0.1) is 0 Å². The highest BCUT2D eigenvalue weighted by atomic mass is 79.9. The highest BCUT2D eigenvalue weighted by Crippen LogP contribution is 2.21. The first-order chi connectivity index (χ1) is 8.25. The molecule has 0 saturated heterocycles. The smallest absolute Gasteiger partial charge is 0.228 e. The average Bonchev–Trinajstić information content (AvgIpc) is 2.38. The van der Waals surface area contributed by atoms with E-state index in [9.17, 15) is 0 Å². The molecule has 1 aromatic heterocycles. The number of rotatable bonds is 2. The lowest BCUT2D eigenvalue weighted by Gasteiger charge is -2.04. The summed E-state index contributed by atoms with van der Waals surface area (Å²) in [7, 11) is 0. The van der Waals surface area contributed by atoms with E-state index in [1.165, 1.54) is 0 Å². The summed E-state index contributed by atoms with van der Waals surface area (Å²) < 4.78 is 0.683. The van der Waals surface area contributed by atoms with Crippen molar-refractivity contribution in [2.24, 2.45) is 0 Å². The predicted octanol–water partition coefficient (Wildman–Crippen LogP) is 4.66. The first-order valence-electron chi connectivity index (χ1n) is 5.26. The summed E-state index contributed by atoms with van der Waals surface area (Å²) in [5.74, 6) is 0.481. The molecule has 0 bridgehead atoms. The van der Waals surface area contributed by atoms with E-state index in [2.05, 4.69) is 31.2 Å². The number of nitrogens with zero attached hydrogens (tertiary/aromatic N) is 2. The molecular formula is C12H13BrClN3. The van der Waals surface area contributed by atoms with Gasteiger partial charge in [0, 0.05) is 11.9 Å². The summed E-state index contributed by atoms with van der Waals surface area (Å²) in [5, 5.41) is 3.44. The second-order valence-electron chi connectivity index (χ2n) is 2.82. The van der Waals surface area contributed by atoms with Gasteiger partial charge in [-0.05, 0) is 28.1 Å². The van der Waals surface area contributed by atoms with E-state index < -0.39 is 0 Å². The SMILES string of the molecule is CC.Clc1nc(Nc2ccccc2)ncc1Br. The number of benzene rings is 1. The highest BCUT2D eigenvalue weighted by Gasteiger charge is 2.01. The van der Waals surface area contributed by atoms with Gasteiger partial charge in [-0.3, -0.25) is 0 Å². The van der Waals surface area contributed by atoms with Crippen LogP contribution in [0.25, 0.3) is 0 Å². The Morgan fingerprint density at radius 2 is 1.82 bits per heavy atom. The molecule has 90 valence electrons. The van der Waals surface area contributed by atoms with Crippen molar-refractivity contribution in [2.45, 2.75) is 13.8 Å². The van der Waals surface area contributed by atoms with Crippen molar-refractivity contribution < 1.29 is 0 Å². The van der Waals surface area contributed by atoms with E-state index in [1.54, 1.807) is 6.20 Å². The average molecular weight is 315 g/mol. The summed E-state index contributed by atoms with van der Waals surface area (Å²) in [6, 6.07) is 9.67. The number of halogens is 2. The topological polar surface area (TPSA) is 37.8 Å². The number of aromatic nitrogens is 2. The minimum atomic E-state index is 0.392. The van der Waals surface area contributed by atoms with Crippen LogP contribution in [0, 0.1) is 0 Å². The molecule has 0 fully saturated rings. The van der Waals surface area contributed by atoms with Gasteiger partial charge in [-0.1, -0.05) is 43.6 Å². The standard InChI is InChI=1S/C10H7BrClN3.C2H6/c11-8-6-13-10(15-9(8)12)14-7-4-2-1-3-5-7;1-2/h1-6H,(H,13,14,15);1-2H3. The van der Waals surface area contributed by atoms with Gasteiger partial charge in [-0.2, -0.15) is 4.98 Å². The van der Waals surface area contributed by atoms with Crippen molar-refractivity contribution in [3.63, 3.8) is 0 Å². The number of hydrogen-bond donors (Lipinski definition) is 1. The van der Waals surface area contributed by atoms with Gasteiger partial charge in [-0.25, -0.2) is 4.98 Å². The molecule has 1 N–H and O–H groups in total. The maximum atomic E-state index is 5.84. The van der Waals surface area contributed by atoms with Crippen LogP contribution in [-0.4, -0.2) is 9.97 Å². The number of nitrogens with one attached hydrogen (secondary N) is 1. The van der Waals surface area contributed by atoms with Crippen molar-refractivity contribution in [3.05, 3.63) is 46.2 Å².